The lowest BCUT2D eigenvalue weighted by molar-refractivity contribution is -0.0803. The molecule has 0 bridgehead atoms. The molecule has 1 saturated heterocycles. The summed E-state index contributed by atoms with van der Waals surface area (Å²) in [6, 6.07) is 0. The highest BCUT2D eigenvalue weighted by Gasteiger charge is 2.28. The molecule has 12 heteroatoms. The van der Waals surface area contributed by atoms with Crippen LogP contribution >= 0.6 is 16.4 Å². The van der Waals surface area contributed by atoms with Crippen LogP contribution in [0.15, 0.2) is 0 Å². The molecular weight excluding hydrogens is 291 g/mol. The molecule has 0 spiro atoms. The molecule has 0 aliphatic carbocycles. The quantitative estimate of drug-likeness (QED) is 0.675. The first-order valence-electron chi connectivity index (χ1n) is 4.13. The Bertz CT molecular complexity index is 235. The van der Waals surface area contributed by atoms with Crippen LogP contribution in [-0.2, 0) is 18.1 Å². The maximum Gasteiger partial charge on any atom is 0.466 e. The summed E-state index contributed by atoms with van der Waals surface area (Å²) >= 11 is 0. The molecule has 17 heavy (non-hydrogen) atoms. The van der Waals surface area contributed by atoms with E-state index in [2.05, 4.69) is 4.52 Å². The van der Waals surface area contributed by atoms with Crippen molar-refractivity contribution in [3.05, 3.63) is 0 Å². The zero-order chi connectivity index (χ0) is 13.5. The highest BCUT2D eigenvalue weighted by Crippen LogP contribution is 2.44. The smallest absolute Gasteiger partial charge is 0.312 e. The Morgan fingerprint density at radius 2 is 1.59 bits per heavy atom. The van der Waals surface area contributed by atoms with Crippen molar-refractivity contribution in [3.8, 4) is 0 Å². The Morgan fingerprint density at radius 3 is 1.94 bits per heavy atom. The Kier molecular flexibility index (Phi) is 8.44. The zero-order valence-corrected chi connectivity index (χ0v) is 10.1. The van der Waals surface area contributed by atoms with E-state index < -0.39 is 29.2 Å². The lowest BCUT2D eigenvalue weighted by atomic mass is 10.5. The van der Waals surface area contributed by atoms with Crippen LogP contribution in [0.5, 0.6) is 0 Å². The molecule has 1 heterocycles. The van der Waals surface area contributed by atoms with Crippen LogP contribution in [0.4, 0.5) is 13.2 Å². The van der Waals surface area contributed by atoms with Crippen molar-refractivity contribution in [1.82, 2.24) is 0 Å². The van der Waals surface area contributed by atoms with E-state index in [0.717, 1.165) is 0 Å². The first kappa shape index (κ1) is 17.2. The highest BCUT2D eigenvalue weighted by atomic mass is 31.2. The van der Waals surface area contributed by atoms with Crippen molar-refractivity contribution in [2.75, 3.05) is 13.2 Å². The van der Waals surface area contributed by atoms with Crippen molar-refractivity contribution in [3.63, 3.8) is 0 Å². The summed E-state index contributed by atoms with van der Waals surface area (Å²) in [5.74, 6) is 0. The van der Waals surface area contributed by atoms with Gasteiger partial charge in [0.05, 0.1) is 13.2 Å². The van der Waals surface area contributed by atoms with Gasteiger partial charge < -0.3 is 23.7 Å². The predicted molar refractivity (Wildman–Crippen MR) is 49.7 cm³/mol. The van der Waals surface area contributed by atoms with Crippen LogP contribution in [0.3, 0.4) is 0 Å². The van der Waals surface area contributed by atoms with Gasteiger partial charge in [0.15, 0.2) is 0 Å². The van der Waals surface area contributed by atoms with Crippen LogP contribution in [-0.4, -0.2) is 40.7 Å². The molecule has 0 saturated carbocycles. The number of hydrogen-bond donors (Lipinski definition) is 3. The van der Waals surface area contributed by atoms with Crippen LogP contribution in [0, 0.1) is 0 Å². The van der Waals surface area contributed by atoms with Crippen molar-refractivity contribution in [2.24, 2.45) is 0 Å². The molecule has 1 rings (SSSR count). The average Bonchev–Trinajstić information content (AvgIpc) is 2.16. The number of hydrogen-bond acceptors (Lipinski definition) is 4. The summed E-state index contributed by atoms with van der Waals surface area (Å²) in [5.41, 5.74) is 0. The van der Waals surface area contributed by atoms with E-state index in [0.29, 0.717) is 19.6 Å². The molecule has 1 fully saturated rings. The van der Waals surface area contributed by atoms with Gasteiger partial charge in [-0.15, -0.1) is 0 Å². The molecule has 1 aliphatic rings. The van der Waals surface area contributed by atoms with Gasteiger partial charge >= 0.3 is 16.4 Å². The number of alkyl halides is 3. The lowest BCUT2D eigenvalue weighted by Gasteiger charge is -2.21. The summed E-state index contributed by atoms with van der Waals surface area (Å²) in [6.07, 6.45) is -5.09. The summed E-state index contributed by atoms with van der Waals surface area (Å²) in [7, 11) is -6.54. The number of halogens is 3. The highest BCUT2D eigenvalue weighted by molar-refractivity contribution is 7.45. The average molecular weight is 302 g/mol. The van der Waals surface area contributed by atoms with E-state index in [-0.39, 0.29) is 0 Å². The van der Waals surface area contributed by atoms with Crippen LogP contribution in [0.2, 0.25) is 0 Å². The molecule has 104 valence electrons. The summed E-state index contributed by atoms with van der Waals surface area (Å²) in [6.45, 7) is 0.726. The zero-order valence-electron chi connectivity index (χ0n) is 8.28. The standard InChI is InChI=1S/C5H8F3O3P.H3O4P/c6-4(7)5(8)11-12-9-2-1-3-10-12;1-5(2,3)4/h4-5H,1-3H2;(H3,1,2,3,4). The molecule has 1 aliphatic heterocycles. The molecule has 7 nitrogen and oxygen atoms in total. The van der Waals surface area contributed by atoms with Crippen LogP contribution in [0.25, 0.3) is 0 Å². The largest absolute Gasteiger partial charge is 0.466 e. The van der Waals surface area contributed by atoms with Gasteiger partial charge in [0.2, 0.25) is 0 Å². The fourth-order valence-corrected chi connectivity index (χ4v) is 1.57. The third kappa shape index (κ3) is 12.5. The maximum atomic E-state index is 12.2. The molecule has 0 radical (unpaired) electrons. The van der Waals surface area contributed by atoms with Crippen molar-refractivity contribution >= 4 is 16.4 Å². The van der Waals surface area contributed by atoms with E-state index in [1.807, 2.05) is 0 Å². The van der Waals surface area contributed by atoms with E-state index in [1.54, 1.807) is 0 Å². The molecule has 0 aromatic carbocycles. The van der Waals surface area contributed by atoms with Crippen molar-refractivity contribution in [2.45, 2.75) is 19.2 Å². The summed E-state index contributed by atoms with van der Waals surface area (Å²) in [4.78, 5) is 21.6. The van der Waals surface area contributed by atoms with Gasteiger partial charge in [-0.3, -0.25) is 4.52 Å². The molecule has 0 aromatic rings. The van der Waals surface area contributed by atoms with Crippen LogP contribution in [0.1, 0.15) is 6.42 Å². The van der Waals surface area contributed by atoms with Crippen LogP contribution < -0.4 is 0 Å². The Hall–Kier alpha value is 0.210. The van der Waals surface area contributed by atoms with Crippen molar-refractivity contribution in [1.29, 1.82) is 0 Å². The monoisotopic (exact) mass is 302 g/mol. The Morgan fingerprint density at radius 1 is 1.18 bits per heavy atom. The normalized spacial score (nSPS) is 19.7. The second-order valence-corrected chi connectivity index (χ2v) is 4.75. The van der Waals surface area contributed by atoms with Gasteiger partial charge in [-0.1, -0.05) is 0 Å². The molecule has 0 aromatic heterocycles. The van der Waals surface area contributed by atoms with Gasteiger partial charge in [0, 0.05) is 0 Å². The minimum atomic E-state index is -4.64. The first-order chi connectivity index (χ1) is 7.70. The summed E-state index contributed by atoms with van der Waals surface area (Å²) in [5, 5.41) is 0. The molecule has 1 unspecified atom stereocenters. The van der Waals surface area contributed by atoms with E-state index in [9.17, 15) is 13.2 Å². The molecule has 0 amide bonds. The Balaban J connectivity index is 0.000000437. The third-order valence-electron chi connectivity index (χ3n) is 1.07. The second-order valence-electron chi connectivity index (χ2n) is 2.55. The molecule has 3 N–H and O–H groups in total. The number of rotatable bonds is 3. The molecule has 1 atom stereocenters. The first-order valence-corrected chi connectivity index (χ1v) is 6.79. The van der Waals surface area contributed by atoms with E-state index in [1.165, 1.54) is 0 Å². The SMILES string of the molecule is FC(F)C(F)OP1OCCCO1.O=P(O)(O)O. The fraction of sp³-hybridized carbons (Fsp3) is 1.00. The van der Waals surface area contributed by atoms with E-state index in [4.69, 9.17) is 28.3 Å². The minimum absolute atomic E-state index is 0.363. The third-order valence-corrected chi connectivity index (χ3v) is 2.23. The minimum Gasteiger partial charge on any atom is -0.312 e. The summed E-state index contributed by atoms with van der Waals surface area (Å²) < 4.78 is 57.9. The van der Waals surface area contributed by atoms with Gasteiger partial charge in [-0.25, -0.2) is 17.7 Å². The second kappa shape index (κ2) is 8.34. The van der Waals surface area contributed by atoms with Crippen molar-refractivity contribution < 1.29 is 46.0 Å². The lowest BCUT2D eigenvalue weighted by Crippen LogP contribution is -2.17. The van der Waals surface area contributed by atoms with Gasteiger partial charge in [-0.05, 0) is 6.42 Å². The van der Waals surface area contributed by atoms with E-state index >= 15 is 0 Å². The maximum absolute atomic E-state index is 12.2. The fourth-order valence-electron chi connectivity index (χ4n) is 0.563. The number of phosphoric acid groups is 1. The topological polar surface area (TPSA) is 105 Å². The predicted octanol–water partition coefficient (Wildman–Crippen LogP) is 1.30. The van der Waals surface area contributed by atoms with Gasteiger partial charge in [0.25, 0.3) is 12.8 Å². The molecular formula is C5H11F3O7P2. The Labute approximate surface area is 95.7 Å². The van der Waals surface area contributed by atoms with Gasteiger partial charge in [-0.2, -0.15) is 0 Å². The van der Waals surface area contributed by atoms with Gasteiger partial charge in [0.1, 0.15) is 0 Å².